The molecule has 0 aliphatic rings. The first kappa shape index (κ1) is 21.2. The maximum atomic E-state index is 14.3. The maximum Gasteiger partial charge on any atom is 0.302 e. The molecule has 3 rings (SSSR count). The number of hydrogen-bond donors (Lipinski definition) is 1. The number of carbonyl (C=O) groups is 1. The first-order valence-electron chi connectivity index (χ1n) is 7.65. The minimum absolute atomic E-state index is 0.0156. The van der Waals surface area contributed by atoms with Crippen molar-refractivity contribution in [2.24, 2.45) is 0 Å². The number of phenolic OH excluding ortho intramolecular Hbond substituents is 1. The van der Waals surface area contributed by atoms with Gasteiger partial charge in [-0.05, 0) is 44.0 Å². The lowest BCUT2D eigenvalue weighted by molar-refractivity contribution is -0.00465. The predicted molar refractivity (Wildman–Crippen MR) is 114 cm³/mol. The van der Waals surface area contributed by atoms with Gasteiger partial charge in [0.1, 0.15) is 42.7 Å². The van der Waals surface area contributed by atoms with Crippen LogP contribution in [0.3, 0.4) is 0 Å². The van der Waals surface area contributed by atoms with Crippen LogP contribution < -0.4 is 21.9 Å². The molecule has 28 heavy (non-hydrogen) atoms. The van der Waals surface area contributed by atoms with Crippen LogP contribution in [0.25, 0.3) is 11.0 Å². The summed E-state index contributed by atoms with van der Waals surface area (Å²) in [6, 6.07) is 2.55. The topological polar surface area (TPSA) is 50.4 Å². The van der Waals surface area contributed by atoms with Crippen molar-refractivity contribution in [1.82, 2.24) is 0 Å². The summed E-state index contributed by atoms with van der Waals surface area (Å²) >= 11 is 6.20. The van der Waals surface area contributed by atoms with Gasteiger partial charge in [-0.25, -0.2) is 0 Å². The lowest BCUT2D eigenvalue weighted by Crippen LogP contribution is -2.47. The molecular weight excluding hydrogens is 493 g/mol. The number of ketones is 1. The first-order chi connectivity index (χ1) is 12.9. The summed E-state index contributed by atoms with van der Waals surface area (Å²) in [5, 5.41) is 9.69. The molecule has 1 N–H and O–H groups in total. The number of furan rings is 1. The van der Waals surface area contributed by atoms with E-state index in [0.717, 1.165) is 0 Å². The highest BCUT2D eigenvalue weighted by atomic mass is 79.9. The van der Waals surface area contributed by atoms with Crippen LogP contribution >= 0.6 is 31.9 Å². The van der Waals surface area contributed by atoms with Gasteiger partial charge >= 0.3 is 5.92 Å². The largest absolute Gasteiger partial charge is 0.506 e. The van der Waals surface area contributed by atoms with E-state index in [2.05, 4.69) is 31.9 Å². The molecule has 0 fully saturated rings. The van der Waals surface area contributed by atoms with Gasteiger partial charge in [-0.15, -0.1) is 10.9 Å². The van der Waals surface area contributed by atoms with Crippen molar-refractivity contribution in [3.8, 4) is 5.75 Å². The van der Waals surface area contributed by atoms with Crippen LogP contribution in [0.2, 0.25) is 0 Å². The van der Waals surface area contributed by atoms with E-state index in [1.807, 2.05) is 0 Å². The number of carbonyl (C=O) groups excluding carboxylic acids is 1. The van der Waals surface area contributed by atoms with E-state index in [0.29, 0.717) is 6.92 Å². The summed E-state index contributed by atoms with van der Waals surface area (Å²) in [4.78, 5) is 13.2. The fourth-order valence-electron chi connectivity index (χ4n) is 2.79. The van der Waals surface area contributed by atoms with Gasteiger partial charge in [-0.1, -0.05) is 10.9 Å². The Labute approximate surface area is 181 Å². The predicted octanol–water partition coefficient (Wildman–Crippen LogP) is 1.18. The molecule has 132 valence electrons. The van der Waals surface area contributed by atoms with Crippen LogP contribution in [-0.4, -0.2) is 42.3 Å². The molecule has 0 spiro atoms. The number of benzene rings is 2. The van der Waals surface area contributed by atoms with E-state index in [1.165, 1.54) is 12.1 Å². The van der Waals surface area contributed by atoms with Crippen molar-refractivity contribution in [3.63, 3.8) is 0 Å². The number of aromatic hydroxyl groups is 1. The molecule has 0 aliphatic carbocycles. The van der Waals surface area contributed by atoms with E-state index in [4.69, 9.17) is 35.8 Å². The lowest BCUT2D eigenvalue weighted by atomic mass is 9.65. The molecule has 0 saturated heterocycles. The molecule has 11 heteroatoms. The van der Waals surface area contributed by atoms with E-state index >= 15 is 0 Å². The number of halogens is 4. The van der Waals surface area contributed by atoms with Crippen molar-refractivity contribution in [1.29, 1.82) is 0 Å². The molecule has 1 aromatic heterocycles. The summed E-state index contributed by atoms with van der Waals surface area (Å²) in [6.45, 7) is 0.573. The van der Waals surface area contributed by atoms with E-state index in [9.17, 15) is 18.7 Å². The van der Waals surface area contributed by atoms with Crippen molar-refractivity contribution in [2.45, 2.75) is 12.8 Å². The summed E-state index contributed by atoms with van der Waals surface area (Å²) in [7, 11) is 23.4. The molecule has 0 atom stereocenters. The Morgan fingerprint density at radius 2 is 1.54 bits per heavy atom. The van der Waals surface area contributed by atoms with Crippen molar-refractivity contribution in [2.75, 3.05) is 0 Å². The van der Waals surface area contributed by atoms with Gasteiger partial charge in [-0.2, -0.15) is 8.78 Å². The normalized spacial score (nSPS) is 11.9. The lowest BCUT2D eigenvalue weighted by Gasteiger charge is -2.13. The van der Waals surface area contributed by atoms with Gasteiger partial charge < -0.3 is 9.52 Å². The molecule has 2 aromatic carbocycles. The highest BCUT2D eigenvalue weighted by Gasteiger charge is 2.38. The summed E-state index contributed by atoms with van der Waals surface area (Å²) in [6.07, 6.45) is 0. The third kappa shape index (κ3) is 3.26. The number of rotatable bonds is 3. The Balaban J connectivity index is 2.44. The van der Waals surface area contributed by atoms with Gasteiger partial charge in [0, 0.05) is 17.9 Å². The van der Waals surface area contributed by atoms with Crippen molar-refractivity contribution in [3.05, 3.63) is 38.0 Å². The zero-order valence-electron chi connectivity index (χ0n) is 14.2. The molecule has 0 unspecified atom stereocenters. The van der Waals surface area contributed by atoms with Gasteiger partial charge in [0.25, 0.3) is 0 Å². The zero-order chi connectivity index (χ0) is 21.1. The average molecular weight is 499 g/mol. The molecule has 3 nitrogen and oxygen atoms in total. The second kappa shape index (κ2) is 7.10. The molecular formula is C17H6B4Br2F2O3. The molecule has 0 saturated carbocycles. The molecule has 1 heterocycles. The highest BCUT2D eigenvalue weighted by Crippen LogP contribution is 2.38. The number of hydrogen-bond acceptors (Lipinski definition) is 3. The van der Waals surface area contributed by atoms with Gasteiger partial charge in [-0.3, -0.25) is 4.79 Å². The van der Waals surface area contributed by atoms with Gasteiger partial charge in [0.15, 0.2) is 11.5 Å². The molecule has 8 radical (unpaired) electrons. The fraction of sp³-hybridized carbons (Fsp3) is 0.118. The summed E-state index contributed by atoms with van der Waals surface area (Å²) in [5.41, 5.74) is -1.40. The molecule has 3 aromatic rings. The SMILES string of the molecule is [B]c1c([B])c([B])c2c(C(=O)c3cc(Br)c(O)c(Br)c3)c(C(C)(F)F)oc2c1[B]. The molecule has 0 bridgehead atoms. The third-order valence-corrected chi connectivity index (χ3v) is 5.41. The van der Waals surface area contributed by atoms with Gasteiger partial charge in [0.2, 0.25) is 0 Å². The summed E-state index contributed by atoms with van der Waals surface area (Å²) in [5.74, 6) is -5.43. The fourth-order valence-corrected chi connectivity index (χ4v) is 3.98. The Hall–Kier alpha value is -1.47. The van der Waals surface area contributed by atoms with E-state index in [-0.39, 0.29) is 53.1 Å². The van der Waals surface area contributed by atoms with Crippen molar-refractivity contribution >= 4 is 102 Å². The Bertz CT molecular complexity index is 1130. The van der Waals surface area contributed by atoms with Crippen LogP contribution in [-0.2, 0) is 5.92 Å². The first-order valence-corrected chi connectivity index (χ1v) is 9.24. The van der Waals surface area contributed by atoms with Crippen molar-refractivity contribution < 1.29 is 23.1 Å². The Morgan fingerprint density at radius 1 is 1.04 bits per heavy atom. The number of fused-ring (bicyclic) bond motifs is 1. The quantitative estimate of drug-likeness (QED) is 0.435. The zero-order valence-corrected chi connectivity index (χ0v) is 17.4. The second-order valence-corrected chi connectivity index (χ2v) is 7.88. The van der Waals surface area contributed by atoms with E-state index < -0.39 is 23.0 Å². The number of phenols is 1. The Kier molecular flexibility index (Phi) is 5.38. The second-order valence-electron chi connectivity index (χ2n) is 6.17. The minimum atomic E-state index is -3.53. The standard InChI is InChI=1S/C17H6B4Br2F2O3/c1-17(24,25)16-8(13(26)4-2-5(22)14(27)6(23)3-4)7-9(18)10(19)11(20)12(21)15(7)28-16/h2-3,27H,1H3. The molecule has 0 amide bonds. The minimum Gasteiger partial charge on any atom is -0.506 e. The smallest absolute Gasteiger partial charge is 0.302 e. The van der Waals surface area contributed by atoms with Crippen LogP contribution in [0.15, 0.2) is 25.5 Å². The monoisotopic (exact) mass is 498 g/mol. The third-order valence-electron chi connectivity index (χ3n) is 4.20. The van der Waals surface area contributed by atoms with Gasteiger partial charge in [0.05, 0.1) is 14.5 Å². The number of alkyl halides is 2. The maximum absolute atomic E-state index is 14.3. The van der Waals surface area contributed by atoms with Crippen LogP contribution in [0.1, 0.15) is 28.6 Å². The summed E-state index contributed by atoms with van der Waals surface area (Å²) < 4.78 is 34.1. The van der Waals surface area contributed by atoms with Crippen LogP contribution in [0.5, 0.6) is 5.75 Å². The highest BCUT2D eigenvalue weighted by molar-refractivity contribution is 9.11. The van der Waals surface area contributed by atoms with Crippen LogP contribution in [0.4, 0.5) is 8.78 Å². The molecule has 0 aliphatic heterocycles. The average Bonchev–Trinajstić information content (AvgIpc) is 3.02. The van der Waals surface area contributed by atoms with E-state index in [1.54, 1.807) is 0 Å². The Morgan fingerprint density at radius 3 is 2.04 bits per heavy atom. The van der Waals surface area contributed by atoms with Crippen LogP contribution in [0, 0.1) is 0 Å².